The number of benzene rings is 2. The van der Waals surface area contributed by atoms with Gasteiger partial charge in [0.1, 0.15) is 4.90 Å². The molecule has 3 rings (SSSR count). The highest BCUT2D eigenvalue weighted by atomic mass is 79.9. The first-order chi connectivity index (χ1) is 10.5. The van der Waals surface area contributed by atoms with Gasteiger partial charge in [-0.25, -0.2) is 8.42 Å². The van der Waals surface area contributed by atoms with Crippen LogP contribution in [0.3, 0.4) is 0 Å². The maximum Gasteiger partial charge on any atom is 0.263 e. The molecule has 114 valence electrons. The summed E-state index contributed by atoms with van der Waals surface area (Å²) in [5.41, 5.74) is 1.29. The number of hydrogen-bond acceptors (Lipinski definition) is 4. The molecule has 0 bridgehead atoms. The first-order valence-corrected chi connectivity index (χ1v) is 8.78. The van der Waals surface area contributed by atoms with Gasteiger partial charge in [0.05, 0.1) is 11.4 Å². The van der Waals surface area contributed by atoms with Gasteiger partial charge < -0.3 is 10.3 Å². The maximum atomic E-state index is 12.5. The fraction of sp³-hybridized carbons (Fsp3) is 0.0667. The largest absolute Gasteiger partial charge is 0.758 e. The van der Waals surface area contributed by atoms with Gasteiger partial charge in [-0.05, 0) is 39.7 Å². The standard InChI is InChI=1S/C15H12BrN2O3S/c16-12-7-1-2-9-14(12)22(20,21)17-13-8-3-5-11-6-4-10-18(19)15(11)13/h1-9,17H,10H2/q-1. The van der Waals surface area contributed by atoms with Crippen molar-refractivity contribution in [3.05, 3.63) is 63.8 Å². The minimum atomic E-state index is -3.79. The summed E-state index contributed by atoms with van der Waals surface area (Å²) in [5.74, 6) is 0. The Kier molecular flexibility index (Phi) is 3.94. The number of hydroxylamine groups is 1. The number of halogens is 1. The van der Waals surface area contributed by atoms with E-state index in [-0.39, 0.29) is 17.1 Å². The van der Waals surface area contributed by atoms with Crippen molar-refractivity contribution in [2.75, 3.05) is 16.3 Å². The molecule has 0 fully saturated rings. The zero-order chi connectivity index (χ0) is 15.7. The minimum Gasteiger partial charge on any atom is -0.758 e. The summed E-state index contributed by atoms with van der Waals surface area (Å²) in [7, 11) is -3.79. The second-order valence-corrected chi connectivity index (χ2v) is 7.25. The van der Waals surface area contributed by atoms with Crippen LogP contribution < -0.4 is 9.79 Å². The molecule has 7 heteroatoms. The fourth-order valence-corrected chi connectivity index (χ4v) is 4.36. The van der Waals surface area contributed by atoms with E-state index in [9.17, 15) is 13.6 Å². The lowest BCUT2D eigenvalue weighted by Crippen LogP contribution is -2.22. The summed E-state index contributed by atoms with van der Waals surface area (Å²) < 4.78 is 28.0. The zero-order valence-corrected chi connectivity index (χ0v) is 13.8. The topological polar surface area (TPSA) is 72.5 Å². The number of rotatable bonds is 3. The van der Waals surface area contributed by atoms with Crippen molar-refractivity contribution >= 4 is 43.4 Å². The van der Waals surface area contributed by atoms with Gasteiger partial charge >= 0.3 is 0 Å². The smallest absolute Gasteiger partial charge is 0.263 e. The van der Waals surface area contributed by atoms with Crippen molar-refractivity contribution in [2.24, 2.45) is 0 Å². The van der Waals surface area contributed by atoms with Gasteiger partial charge in [0.2, 0.25) is 0 Å². The van der Waals surface area contributed by atoms with Gasteiger partial charge in [-0.3, -0.25) is 4.72 Å². The van der Waals surface area contributed by atoms with Crippen molar-refractivity contribution in [1.29, 1.82) is 0 Å². The molecule has 1 aliphatic rings. The summed E-state index contributed by atoms with van der Waals surface area (Å²) in [6, 6.07) is 11.6. The average molecular weight is 380 g/mol. The number of para-hydroxylation sites is 1. The summed E-state index contributed by atoms with van der Waals surface area (Å²) in [6.07, 6.45) is 3.54. The molecular weight excluding hydrogens is 368 g/mol. The van der Waals surface area contributed by atoms with Crippen molar-refractivity contribution in [3.8, 4) is 0 Å². The van der Waals surface area contributed by atoms with E-state index in [2.05, 4.69) is 20.7 Å². The summed E-state index contributed by atoms with van der Waals surface area (Å²) in [6.45, 7) is 0.195. The van der Waals surface area contributed by atoms with Gasteiger partial charge in [0, 0.05) is 11.0 Å². The van der Waals surface area contributed by atoms with Crippen molar-refractivity contribution in [2.45, 2.75) is 4.90 Å². The van der Waals surface area contributed by atoms with Crippen LogP contribution in [0.15, 0.2) is 57.9 Å². The molecular formula is C15H12BrN2O3S-. The van der Waals surface area contributed by atoms with E-state index in [1.54, 1.807) is 48.6 Å². The van der Waals surface area contributed by atoms with Crippen LogP contribution in [0, 0.1) is 5.21 Å². The molecule has 0 atom stereocenters. The van der Waals surface area contributed by atoms with Gasteiger partial charge in [0.15, 0.2) is 0 Å². The highest BCUT2D eigenvalue weighted by molar-refractivity contribution is 9.10. The molecule has 1 aliphatic heterocycles. The van der Waals surface area contributed by atoms with Crippen LogP contribution in [-0.4, -0.2) is 15.0 Å². The van der Waals surface area contributed by atoms with E-state index in [0.717, 1.165) is 5.06 Å². The summed E-state index contributed by atoms with van der Waals surface area (Å²) >= 11 is 3.23. The van der Waals surface area contributed by atoms with Crippen LogP contribution in [-0.2, 0) is 10.0 Å². The second-order valence-electron chi connectivity index (χ2n) is 4.74. The number of sulfonamides is 1. The fourth-order valence-electron chi connectivity index (χ4n) is 2.29. The molecule has 0 spiro atoms. The molecule has 0 saturated heterocycles. The normalized spacial score (nSPS) is 13.8. The second kappa shape index (κ2) is 5.75. The third-order valence-corrected chi connectivity index (χ3v) is 5.63. The Bertz CT molecular complexity index is 850. The van der Waals surface area contributed by atoms with E-state index >= 15 is 0 Å². The summed E-state index contributed by atoms with van der Waals surface area (Å²) in [4.78, 5) is 0.122. The molecule has 1 N–H and O–H groups in total. The highest BCUT2D eigenvalue weighted by Crippen LogP contribution is 2.35. The van der Waals surface area contributed by atoms with Gasteiger partial charge in [-0.15, -0.1) is 0 Å². The van der Waals surface area contributed by atoms with Crippen LogP contribution in [0.5, 0.6) is 0 Å². The van der Waals surface area contributed by atoms with Crippen LogP contribution >= 0.6 is 15.9 Å². The molecule has 0 radical (unpaired) electrons. The Balaban J connectivity index is 2.04. The van der Waals surface area contributed by atoms with Crippen molar-refractivity contribution in [3.63, 3.8) is 0 Å². The van der Waals surface area contributed by atoms with Gasteiger partial charge in [-0.2, -0.15) is 0 Å². The van der Waals surface area contributed by atoms with Crippen molar-refractivity contribution < 1.29 is 8.42 Å². The molecule has 2 aromatic carbocycles. The number of nitrogens with zero attached hydrogens (tertiary/aromatic N) is 1. The van der Waals surface area contributed by atoms with E-state index in [1.807, 2.05) is 0 Å². The van der Waals surface area contributed by atoms with E-state index in [0.29, 0.717) is 15.7 Å². The molecule has 0 aromatic heterocycles. The molecule has 5 nitrogen and oxygen atoms in total. The molecule has 22 heavy (non-hydrogen) atoms. The molecule has 0 aliphatic carbocycles. The SMILES string of the molecule is O=S(=O)(Nc1cccc2c1N([O-])CC=C2)c1ccccc1Br. The monoisotopic (exact) mass is 379 g/mol. The highest BCUT2D eigenvalue weighted by Gasteiger charge is 2.20. The number of fused-ring (bicyclic) bond motifs is 1. The summed E-state index contributed by atoms with van der Waals surface area (Å²) in [5, 5.41) is 12.8. The maximum absolute atomic E-state index is 12.5. The molecule has 2 aromatic rings. The van der Waals surface area contributed by atoms with Crippen molar-refractivity contribution in [1.82, 2.24) is 0 Å². The number of nitrogens with one attached hydrogen (secondary N) is 1. The van der Waals surface area contributed by atoms with Crippen LogP contribution in [0.25, 0.3) is 6.08 Å². The lowest BCUT2D eigenvalue weighted by atomic mass is 10.1. The lowest BCUT2D eigenvalue weighted by molar-refractivity contribution is 0.601. The lowest BCUT2D eigenvalue weighted by Gasteiger charge is -2.35. The predicted octanol–water partition coefficient (Wildman–Crippen LogP) is 3.58. The predicted molar refractivity (Wildman–Crippen MR) is 91.1 cm³/mol. The van der Waals surface area contributed by atoms with Crippen LogP contribution in [0.4, 0.5) is 11.4 Å². The van der Waals surface area contributed by atoms with E-state index < -0.39 is 10.0 Å². The Hall–Kier alpha value is -1.83. The first kappa shape index (κ1) is 15.1. The van der Waals surface area contributed by atoms with E-state index in [1.165, 1.54) is 6.07 Å². The number of hydrogen-bond donors (Lipinski definition) is 1. The Labute approximate surface area is 137 Å². The van der Waals surface area contributed by atoms with Crippen LogP contribution in [0.1, 0.15) is 5.56 Å². The Morgan fingerprint density at radius 2 is 1.91 bits per heavy atom. The average Bonchev–Trinajstić information content (AvgIpc) is 2.47. The molecule has 1 heterocycles. The first-order valence-electron chi connectivity index (χ1n) is 6.50. The minimum absolute atomic E-state index is 0.122. The van der Waals surface area contributed by atoms with Gasteiger partial charge in [-0.1, -0.05) is 36.4 Å². The third kappa shape index (κ3) is 2.75. The molecule has 0 amide bonds. The molecule has 0 saturated carbocycles. The number of anilines is 2. The zero-order valence-electron chi connectivity index (χ0n) is 11.4. The Morgan fingerprint density at radius 1 is 1.14 bits per heavy atom. The molecule has 0 unspecified atom stereocenters. The van der Waals surface area contributed by atoms with Crippen LogP contribution in [0.2, 0.25) is 0 Å². The van der Waals surface area contributed by atoms with E-state index in [4.69, 9.17) is 0 Å². The quantitative estimate of drug-likeness (QED) is 0.884. The Morgan fingerprint density at radius 3 is 2.68 bits per heavy atom. The third-order valence-electron chi connectivity index (χ3n) is 3.26. The van der Waals surface area contributed by atoms with Gasteiger partial charge in [0.25, 0.3) is 10.0 Å².